The van der Waals surface area contributed by atoms with Crippen LogP contribution in [0.2, 0.25) is 0 Å². The lowest BCUT2D eigenvalue weighted by molar-refractivity contribution is -0.139. The van der Waals surface area contributed by atoms with Crippen LogP contribution in [0.3, 0.4) is 0 Å². The molecule has 0 aromatic carbocycles. The second-order valence-corrected chi connectivity index (χ2v) is 8.05. The Morgan fingerprint density at radius 1 is 1.23 bits per heavy atom. The summed E-state index contributed by atoms with van der Waals surface area (Å²) in [5.74, 6) is -1.19. The lowest BCUT2D eigenvalue weighted by atomic mass is 9.87. The second kappa shape index (κ2) is 10.1. The first kappa shape index (κ1) is 24.6. The number of carbonyl (C=O) groups excluding carboxylic acids is 3. The van der Waals surface area contributed by atoms with Crippen LogP contribution in [0.5, 0.6) is 0 Å². The first-order valence-electron chi connectivity index (χ1n) is 9.94. The van der Waals surface area contributed by atoms with Gasteiger partial charge in [-0.05, 0) is 32.3 Å². The molecule has 31 heavy (non-hydrogen) atoms. The van der Waals surface area contributed by atoms with Crippen LogP contribution in [-0.4, -0.2) is 49.8 Å². The third-order valence-electron chi connectivity index (χ3n) is 5.46. The normalized spacial score (nSPS) is 26.5. The fourth-order valence-electron chi connectivity index (χ4n) is 3.78. The summed E-state index contributed by atoms with van der Waals surface area (Å²) in [4.78, 5) is 37.3. The number of rotatable bonds is 4. The predicted octanol–water partition coefficient (Wildman–Crippen LogP) is 3.09. The number of carbonyl (C=O) groups is 3. The molecule has 0 amide bonds. The van der Waals surface area contributed by atoms with Gasteiger partial charge in [0.2, 0.25) is 0 Å². The van der Waals surface area contributed by atoms with Crippen molar-refractivity contribution in [3.63, 3.8) is 0 Å². The molecule has 2 heterocycles. The Bertz CT molecular complexity index is 889. The third-order valence-corrected chi connectivity index (χ3v) is 5.46. The first-order chi connectivity index (χ1) is 14.5. The Labute approximate surface area is 181 Å². The summed E-state index contributed by atoms with van der Waals surface area (Å²) >= 11 is 0. The third kappa shape index (κ3) is 5.71. The quantitative estimate of drug-likeness (QED) is 0.568. The molecule has 1 N–H and O–H groups in total. The minimum atomic E-state index is -1.66. The molecule has 2 bridgehead atoms. The van der Waals surface area contributed by atoms with Crippen molar-refractivity contribution >= 4 is 17.7 Å². The van der Waals surface area contributed by atoms with E-state index in [0.29, 0.717) is 18.6 Å². The maximum atomic E-state index is 12.7. The van der Waals surface area contributed by atoms with Gasteiger partial charge in [-0.25, -0.2) is 9.59 Å². The number of esters is 2. The zero-order valence-corrected chi connectivity index (χ0v) is 18.6. The molecule has 1 aromatic heterocycles. The number of allylic oxidation sites excluding steroid dienone is 2. The fraction of sp³-hybridized carbons (Fsp3) is 0.522. The van der Waals surface area contributed by atoms with Crippen molar-refractivity contribution < 1.29 is 38.1 Å². The molecule has 170 valence electrons. The minimum absolute atomic E-state index is 0.181. The maximum absolute atomic E-state index is 12.7. The molecule has 8 heteroatoms. The second-order valence-electron chi connectivity index (χ2n) is 8.05. The highest BCUT2D eigenvalue weighted by molar-refractivity contribution is 5.96. The fourth-order valence-corrected chi connectivity index (χ4v) is 3.78. The molecule has 8 nitrogen and oxygen atoms in total. The van der Waals surface area contributed by atoms with Gasteiger partial charge >= 0.3 is 11.9 Å². The van der Waals surface area contributed by atoms with Crippen molar-refractivity contribution in [2.75, 3.05) is 21.3 Å². The number of ether oxygens (including phenoxy) is 3. The molecular formula is C23H30O8. The van der Waals surface area contributed by atoms with E-state index in [1.54, 1.807) is 6.08 Å². The smallest absolute Gasteiger partial charge is 0.341 e. The number of ketones is 1. The lowest BCUT2D eigenvalue weighted by Gasteiger charge is -2.30. The number of furan rings is 1. The standard InChI is InChI=1S/C23H30O8/c1-13(2)14-7-8-15(21(25)29-5)9-16(24)12-23(3,27)20(28-4)19-11-17(22(26)30-6)18(10-14)31-19/h8,11,14,20,27H,1,7,9-10,12H2,2-6H3/b15-8+/t14-,20-,23-/m1/s1. The van der Waals surface area contributed by atoms with Crippen LogP contribution >= 0.6 is 0 Å². The minimum Gasteiger partial charge on any atom is -0.466 e. The number of Topliss-reactive ketones (excluding diaryl/α,β-unsaturated/α-hetero) is 1. The molecule has 0 unspecified atom stereocenters. The van der Waals surface area contributed by atoms with Crippen molar-refractivity contribution in [2.24, 2.45) is 5.92 Å². The molecule has 0 aliphatic carbocycles. The van der Waals surface area contributed by atoms with Gasteiger partial charge in [-0.3, -0.25) is 4.79 Å². The van der Waals surface area contributed by atoms with Crippen molar-refractivity contribution in [3.8, 4) is 0 Å². The van der Waals surface area contributed by atoms with Crippen molar-refractivity contribution in [1.29, 1.82) is 0 Å². The van der Waals surface area contributed by atoms with Gasteiger partial charge in [-0.1, -0.05) is 18.2 Å². The number of hydrogen-bond acceptors (Lipinski definition) is 8. The van der Waals surface area contributed by atoms with Crippen molar-refractivity contribution in [1.82, 2.24) is 0 Å². The Morgan fingerprint density at radius 2 is 1.87 bits per heavy atom. The Balaban J connectivity index is 2.64. The van der Waals surface area contributed by atoms with E-state index in [0.717, 1.165) is 5.57 Å². The van der Waals surface area contributed by atoms with Crippen molar-refractivity contribution in [3.05, 3.63) is 47.0 Å². The average molecular weight is 434 g/mol. The molecular weight excluding hydrogens is 404 g/mol. The summed E-state index contributed by atoms with van der Waals surface area (Å²) in [6.07, 6.45) is 0.824. The van der Waals surface area contributed by atoms with Crippen LogP contribution < -0.4 is 0 Å². The van der Waals surface area contributed by atoms with Crippen LogP contribution in [0.15, 0.2) is 34.3 Å². The summed E-state index contributed by atoms with van der Waals surface area (Å²) in [7, 11) is 3.88. The van der Waals surface area contributed by atoms with Crippen LogP contribution in [0.4, 0.5) is 0 Å². The molecule has 1 aromatic rings. The van der Waals surface area contributed by atoms with Gasteiger partial charge in [-0.15, -0.1) is 0 Å². The number of hydrogen-bond donors (Lipinski definition) is 1. The molecule has 1 aliphatic rings. The Kier molecular flexibility index (Phi) is 7.97. The highest BCUT2D eigenvalue weighted by Gasteiger charge is 2.39. The van der Waals surface area contributed by atoms with E-state index < -0.39 is 23.6 Å². The highest BCUT2D eigenvalue weighted by Crippen LogP contribution is 2.37. The SMILES string of the molecule is C=C(C)[C@@H]1C/C=C(/C(=O)OC)CC(=O)C[C@@](C)(O)[C@H](OC)c2cc(C(=O)OC)c(o2)C1. The van der Waals surface area contributed by atoms with E-state index in [1.807, 2.05) is 6.92 Å². The molecule has 0 saturated heterocycles. The van der Waals surface area contributed by atoms with E-state index in [1.165, 1.54) is 34.3 Å². The van der Waals surface area contributed by atoms with Crippen LogP contribution in [0, 0.1) is 5.92 Å². The van der Waals surface area contributed by atoms with Crippen LogP contribution in [0.1, 0.15) is 61.1 Å². The summed E-state index contributed by atoms with van der Waals surface area (Å²) in [5.41, 5.74) is -0.430. The van der Waals surface area contributed by atoms with Crippen molar-refractivity contribution in [2.45, 2.75) is 51.2 Å². The number of aliphatic hydroxyl groups is 1. The lowest BCUT2D eigenvalue weighted by Crippen LogP contribution is -2.36. The van der Waals surface area contributed by atoms with Gasteiger partial charge in [0.05, 0.1) is 14.2 Å². The molecule has 0 saturated carbocycles. The average Bonchev–Trinajstić information content (AvgIpc) is 3.11. The summed E-state index contributed by atoms with van der Waals surface area (Å²) < 4.78 is 21.1. The van der Waals surface area contributed by atoms with Gasteiger partial charge in [0.15, 0.2) is 0 Å². The topological polar surface area (TPSA) is 112 Å². The Morgan fingerprint density at radius 3 is 2.42 bits per heavy atom. The summed E-state index contributed by atoms with van der Waals surface area (Å²) in [5, 5.41) is 11.0. The molecule has 1 aliphatic heterocycles. The van der Waals surface area contributed by atoms with Crippen LogP contribution in [-0.2, 0) is 30.2 Å². The summed E-state index contributed by atoms with van der Waals surface area (Å²) in [6.45, 7) is 7.29. The maximum Gasteiger partial charge on any atom is 0.341 e. The molecule has 3 atom stereocenters. The van der Waals surface area contributed by atoms with Gasteiger partial charge in [0.1, 0.15) is 34.6 Å². The van der Waals surface area contributed by atoms with E-state index in [9.17, 15) is 19.5 Å². The zero-order chi connectivity index (χ0) is 23.3. The van der Waals surface area contributed by atoms with E-state index in [4.69, 9.17) is 18.6 Å². The molecule has 0 radical (unpaired) electrons. The molecule has 0 fully saturated rings. The number of methoxy groups -OCH3 is 3. The van der Waals surface area contributed by atoms with Gasteiger partial charge in [-0.2, -0.15) is 0 Å². The van der Waals surface area contributed by atoms with Gasteiger partial charge in [0, 0.05) is 31.9 Å². The molecule has 2 rings (SSSR count). The highest BCUT2D eigenvalue weighted by atomic mass is 16.5. The monoisotopic (exact) mass is 434 g/mol. The van der Waals surface area contributed by atoms with E-state index >= 15 is 0 Å². The van der Waals surface area contributed by atoms with Gasteiger partial charge < -0.3 is 23.7 Å². The largest absolute Gasteiger partial charge is 0.466 e. The Hall–Kier alpha value is -2.71. The first-order valence-corrected chi connectivity index (χ1v) is 9.94. The summed E-state index contributed by atoms with van der Waals surface area (Å²) in [6, 6.07) is 1.48. The van der Waals surface area contributed by atoms with Gasteiger partial charge in [0.25, 0.3) is 0 Å². The predicted molar refractivity (Wildman–Crippen MR) is 111 cm³/mol. The molecule has 0 spiro atoms. The van der Waals surface area contributed by atoms with E-state index in [2.05, 4.69) is 6.58 Å². The zero-order valence-electron chi connectivity index (χ0n) is 18.6. The van der Waals surface area contributed by atoms with Crippen LogP contribution in [0.25, 0.3) is 0 Å². The van der Waals surface area contributed by atoms with E-state index in [-0.39, 0.29) is 41.4 Å². The number of fused-ring (bicyclic) bond motifs is 2.